The maximum Gasteiger partial charge on any atom is 0.255 e. The van der Waals surface area contributed by atoms with Crippen LogP contribution in [0.25, 0.3) is 5.52 Å². The van der Waals surface area contributed by atoms with Crippen LogP contribution in [0.1, 0.15) is 58.8 Å². The van der Waals surface area contributed by atoms with Crippen LogP contribution >= 0.6 is 0 Å². The van der Waals surface area contributed by atoms with Crippen molar-refractivity contribution in [2.24, 2.45) is 0 Å². The number of rotatable bonds is 4. The number of carbonyl (C=O) groups is 3. The zero-order chi connectivity index (χ0) is 24.1. The summed E-state index contributed by atoms with van der Waals surface area (Å²) >= 11 is 0. The van der Waals surface area contributed by atoms with Crippen LogP contribution in [0, 0.1) is 5.82 Å². The monoisotopic (exact) mass is 475 g/mol. The summed E-state index contributed by atoms with van der Waals surface area (Å²) in [5.41, 5.74) is 3.86. The van der Waals surface area contributed by atoms with Crippen LogP contribution in [-0.2, 0) is 22.7 Å². The number of carbonyl (C=O) groups excluding carboxylic acids is 3. The average molecular weight is 476 g/mol. The first-order valence-corrected chi connectivity index (χ1v) is 12.1. The zero-order valence-electron chi connectivity index (χ0n) is 19.2. The molecule has 8 nitrogen and oxygen atoms in total. The average Bonchev–Trinajstić information content (AvgIpc) is 3.40. The lowest BCUT2D eigenvalue weighted by molar-refractivity contribution is -0.136. The van der Waals surface area contributed by atoms with Gasteiger partial charge in [-0.15, -0.1) is 0 Å². The van der Waals surface area contributed by atoms with Gasteiger partial charge < -0.3 is 9.30 Å². The Bertz CT molecular complexity index is 1340. The van der Waals surface area contributed by atoms with Crippen LogP contribution in [0.3, 0.4) is 0 Å². The number of pyridine rings is 1. The van der Waals surface area contributed by atoms with Crippen molar-refractivity contribution < 1.29 is 18.8 Å². The van der Waals surface area contributed by atoms with E-state index in [1.54, 1.807) is 0 Å². The SMILES string of the molecule is O=C1CCC(N2Cc3cc(C4CCN(Cc5ncn6ccccc56)CC4)c(F)cc3C2=O)C(=O)N1. The molecule has 9 heteroatoms. The first kappa shape index (κ1) is 21.9. The zero-order valence-corrected chi connectivity index (χ0v) is 19.2. The van der Waals surface area contributed by atoms with Crippen molar-refractivity contribution in [2.75, 3.05) is 13.1 Å². The molecule has 3 aromatic rings. The molecule has 1 atom stereocenters. The van der Waals surface area contributed by atoms with E-state index in [1.807, 2.05) is 35.1 Å². The molecule has 3 aliphatic rings. The Hall–Kier alpha value is -3.59. The standard InChI is InChI=1S/C26H26FN5O3/c27-20-12-19-17(13-32(26(19)35)23-4-5-24(33)29-25(23)34)11-18(20)16-6-9-30(10-7-16)14-21-22-3-1-2-8-31(22)15-28-21/h1-3,8,11-12,15-16,23H,4-7,9-10,13-14H2,(H,29,33,34). The van der Waals surface area contributed by atoms with E-state index in [2.05, 4.69) is 21.3 Å². The minimum absolute atomic E-state index is 0.0787. The summed E-state index contributed by atoms with van der Waals surface area (Å²) < 4.78 is 17.2. The molecule has 1 N–H and O–H groups in total. The van der Waals surface area contributed by atoms with Gasteiger partial charge in [0.2, 0.25) is 11.8 Å². The Balaban J connectivity index is 1.14. The quantitative estimate of drug-likeness (QED) is 0.587. The number of nitrogens with zero attached hydrogens (tertiary/aromatic N) is 4. The Morgan fingerprint density at radius 2 is 1.91 bits per heavy atom. The highest BCUT2D eigenvalue weighted by atomic mass is 19.1. The van der Waals surface area contributed by atoms with E-state index in [-0.39, 0.29) is 36.5 Å². The third-order valence-electron chi connectivity index (χ3n) is 7.57. The number of amides is 3. The van der Waals surface area contributed by atoms with E-state index in [4.69, 9.17) is 0 Å². The van der Waals surface area contributed by atoms with Crippen molar-refractivity contribution in [1.29, 1.82) is 0 Å². The summed E-state index contributed by atoms with van der Waals surface area (Å²) in [6.45, 7) is 2.71. The molecule has 3 amide bonds. The molecule has 0 spiro atoms. The van der Waals surface area contributed by atoms with Gasteiger partial charge in [0.05, 0.1) is 17.5 Å². The van der Waals surface area contributed by atoms with Crippen LogP contribution in [-0.4, -0.2) is 56.0 Å². The molecule has 180 valence electrons. The van der Waals surface area contributed by atoms with Gasteiger partial charge in [0, 0.05) is 31.3 Å². The number of nitrogens with one attached hydrogen (secondary N) is 1. The first-order valence-electron chi connectivity index (χ1n) is 12.1. The summed E-state index contributed by atoms with van der Waals surface area (Å²) in [5.74, 6) is -1.41. The number of imide groups is 1. The van der Waals surface area contributed by atoms with Gasteiger partial charge in [0.15, 0.2) is 0 Å². The molecular formula is C26H26FN5O3. The maximum atomic E-state index is 15.2. The number of aromatic nitrogens is 2. The number of hydrogen-bond acceptors (Lipinski definition) is 5. The number of benzene rings is 1. The highest BCUT2D eigenvalue weighted by Crippen LogP contribution is 2.35. The third-order valence-corrected chi connectivity index (χ3v) is 7.57. The van der Waals surface area contributed by atoms with Gasteiger partial charge in [-0.05, 0) is 67.6 Å². The van der Waals surface area contributed by atoms with E-state index in [9.17, 15) is 14.4 Å². The molecule has 3 aliphatic heterocycles. The van der Waals surface area contributed by atoms with Crippen molar-refractivity contribution >= 4 is 23.2 Å². The number of piperidine rings is 2. The summed E-state index contributed by atoms with van der Waals surface area (Å²) in [5, 5.41) is 2.30. The summed E-state index contributed by atoms with van der Waals surface area (Å²) in [6.07, 6.45) is 5.96. The Morgan fingerprint density at radius 1 is 1.09 bits per heavy atom. The van der Waals surface area contributed by atoms with Crippen LogP contribution in [0.2, 0.25) is 0 Å². The molecule has 5 heterocycles. The van der Waals surface area contributed by atoms with E-state index >= 15 is 4.39 Å². The number of fused-ring (bicyclic) bond motifs is 2. The Morgan fingerprint density at radius 3 is 2.71 bits per heavy atom. The molecule has 35 heavy (non-hydrogen) atoms. The van der Waals surface area contributed by atoms with E-state index in [0.29, 0.717) is 17.5 Å². The fourth-order valence-corrected chi connectivity index (χ4v) is 5.66. The maximum absolute atomic E-state index is 15.2. The second kappa shape index (κ2) is 8.57. The summed E-state index contributed by atoms with van der Waals surface area (Å²) in [6, 6.07) is 8.51. The predicted molar refractivity (Wildman–Crippen MR) is 125 cm³/mol. The predicted octanol–water partition coefficient (Wildman–Crippen LogP) is 2.61. The van der Waals surface area contributed by atoms with Crippen LogP contribution in [0.4, 0.5) is 4.39 Å². The van der Waals surface area contributed by atoms with E-state index < -0.39 is 11.9 Å². The number of halogens is 1. The minimum atomic E-state index is -0.693. The van der Waals surface area contributed by atoms with Gasteiger partial charge in [0.25, 0.3) is 5.91 Å². The van der Waals surface area contributed by atoms with E-state index in [0.717, 1.165) is 49.2 Å². The molecular weight excluding hydrogens is 449 g/mol. The molecule has 2 fully saturated rings. The molecule has 0 aliphatic carbocycles. The summed E-state index contributed by atoms with van der Waals surface area (Å²) in [4.78, 5) is 45.1. The van der Waals surface area contributed by atoms with Crippen molar-refractivity contribution in [3.05, 3.63) is 71.1 Å². The third kappa shape index (κ3) is 3.89. The normalized spacial score (nSPS) is 21.6. The van der Waals surface area contributed by atoms with Crippen LogP contribution in [0.5, 0.6) is 0 Å². The largest absolute Gasteiger partial charge is 0.322 e. The smallest absolute Gasteiger partial charge is 0.255 e. The molecule has 6 rings (SSSR count). The van der Waals surface area contributed by atoms with Crippen molar-refractivity contribution in [1.82, 2.24) is 24.5 Å². The fraction of sp³-hybridized carbons (Fsp3) is 0.385. The molecule has 1 aromatic carbocycles. The fourth-order valence-electron chi connectivity index (χ4n) is 5.66. The van der Waals surface area contributed by atoms with Crippen molar-refractivity contribution in [3.63, 3.8) is 0 Å². The van der Waals surface area contributed by atoms with Gasteiger partial charge >= 0.3 is 0 Å². The lowest BCUT2D eigenvalue weighted by Gasteiger charge is -2.32. The molecule has 0 saturated carbocycles. The highest BCUT2D eigenvalue weighted by Gasteiger charge is 2.40. The second-order valence-corrected chi connectivity index (χ2v) is 9.67. The second-order valence-electron chi connectivity index (χ2n) is 9.67. The van der Waals surface area contributed by atoms with Gasteiger partial charge in [-0.3, -0.25) is 24.6 Å². The van der Waals surface area contributed by atoms with Gasteiger partial charge in [-0.2, -0.15) is 0 Å². The first-order chi connectivity index (χ1) is 17.0. The topological polar surface area (TPSA) is 87.0 Å². The molecule has 2 saturated heterocycles. The van der Waals surface area contributed by atoms with Gasteiger partial charge in [0.1, 0.15) is 11.9 Å². The molecule has 1 unspecified atom stereocenters. The number of likely N-dealkylation sites (tertiary alicyclic amines) is 1. The number of imidazole rings is 1. The molecule has 0 radical (unpaired) electrons. The van der Waals surface area contributed by atoms with Gasteiger partial charge in [-0.1, -0.05) is 12.1 Å². The molecule has 2 aromatic heterocycles. The van der Waals surface area contributed by atoms with Crippen LogP contribution < -0.4 is 5.32 Å². The van der Waals surface area contributed by atoms with Crippen LogP contribution in [0.15, 0.2) is 42.9 Å². The highest BCUT2D eigenvalue weighted by molar-refractivity contribution is 6.05. The van der Waals surface area contributed by atoms with E-state index in [1.165, 1.54) is 11.0 Å². The number of hydrogen-bond donors (Lipinski definition) is 1. The molecule has 0 bridgehead atoms. The minimum Gasteiger partial charge on any atom is -0.322 e. The Labute approximate surface area is 201 Å². The van der Waals surface area contributed by atoms with Crippen molar-refractivity contribution in [2.45, 2.75) is 50.7 Å². The van der Waals surface area contributed by atoms with Gasteiger partial charge in [-0.25, -0.2) is 9.37 Å². The van der Waals surface area contributed by atoms with Crippen molar-refractivity contribution in [3.8, 4) is 0 Å². The lowest BCUT2D eigenvalue weighted by atomic mass is 9.87. The summed E-state index contributed by atoms with van der Waals surface area (Å²) in [7, 11) is 0. The Kier molecular flexibility index (Phi) is 5.36. The lowest BCUT2D eigenvalue weighted by Crippen LogP contribution is -2.52.